The van der Waals surface area contributed by atoms with Gasteiger partial charge in [-0.2, -0.15) is 0 Å². The third kappa shape index (κ3) is 5.35. The third-order valence-electron chi connectivity index (χ3n) is 2.80. The molecule has 0 atom stereocenters. The summed E-state index contributed by atoms with van der Waals surface area (Å²) in [6.45, 7) is 2.55. The van der Waals surface area contributed by atoms with Crippen LogP contribution in [0.15, 0.2) is 24.3 Å². The monoisotopic (exact) mass is 354 g/mol. The first kappa shape index (κ1) is 17.5. The maximum atomic E-state index is 12.1. The summed E-state index contributed by atoms with van der Waals surface area (Å²) in [6.07, 6.45) is 0. The van der Waals surface area contributed by atoms with Crippen molar-refractivity contribution >= 4 is 40.6 Å². The molecule has 1 amide bonds. The number of nitrogens with one attached hydrogen (secondary N) is 2. The highest BCUT2D eigenvalue weighted by Gasteiger charge is 2.10. The van der Waals surface area contributed by atoms with E-state index in [9.17, 15) is 4.79 Å². The Morgan fingerprint density at radius 3 is 2.52 bits per heavy atom. The second-order valence-corrected chi connectivity index (χ2v) is 5.59. The van der Waals surface area contributed by atoms with E-state index in [-0.39, 0.29) is 11.6 Å². The van der Waals surface area contributed by atoms with Gasteiger partial charge in [-0.25, -0.2) is 9.97 Å². The van der Waals surface area contributed by atoms with Crippen LogP contribution >= 0.6 is 23.2 Å². The lowest BCUT2D eigenvalue weighted by Crippen LogP contribution is -2.28. The number of halogens is 2. The van der Waals surface area contributed by atoms with E-state index < -0.39 is 0 Å². The van der Waals surface area contributed by atoms with Gasteiger partial charge >= 0.3 is 0 Å². The van der Waals surface area contributed by atoms with Crippen molar-refractivity contribution in [3.05, 3.63) is 45.8 Å². The van der Waals surface area contributed by atoms with E-state index in [2.05, 4.69) is 20.6 Å². The lowest BCUT2D eigenvalue weighted by Gasteiger charge is -2.10. The van der Waals surface area contributed by atoms with Gasteiger partial charge in [0.05, 0.1) is 6.61 Å². The molecule has 6 nitrogen and oxygen atoms in total. The highest BCUT2D eigenvalue weighted by atomic mass is 35.5. The van der Waals surface area contributed by atoms with Crippen molar-refractivity contribution in [1.82, 2.24) is 15.3 Å². The molecular formula is C15H16Cl2N4O2. The van der Waals surface area contributed by atoms with Crippen molar-refractivity contribution < 1.29 is 9.53 Å². The molecule has 0 aliphatic heterocycles. The Morgan fingerprint density at radius 2 is 1.87 bits per heavy atom. The molecule has 2 aromatic rings. The van der Waals surface area contributed by atoms with Gasteiger partial charge in [-0.05, 0) is 25.1 Å². The van der Waals surface area contributed by atoms with Crippen LogP contribution in [-0.2, 0) is 4.74 Å². The van der Waals surface area contributed by atoms with Gasteiger partial charge in [0.25, 0.3) is 5.91 Å². The van der Waals surface area contributed by atoms with Crippen molar-refractivity contribution in [3.63, 3.8) is 0 Å². The van der Waals surface area contributed by atoms with E-state index in [0.717, 1.165) is 0 Å². The molecule has 0 saturated carbocycles. The first-order valence-electron chi connectivity index (χ1n) is 6.84. The highest BCUT2D eigenvalue weighted by molar-refractivity contribution is 6.35. The SMILES string of the molecule is COCCNC(=O)c1cc(Nc2cc(Cl)cc(Cl)c2)nc(C)n1. The fourth-order valence-corrected chi connectivity index (χ4v) is 2.41. The highest BCUT2D eigenvalue weighted by Crippen LogP contribution is 2.24. The van der Waals surface area contributed by atoms with Crippen LogP contribution in [0.3, 0.4) is 0 Å². The predicted octanol–water partition coefficient (Wildman–Crippen LogP) is 3.21. The number of nitrogens with zero attached hydrogens (tertiary/aromatic N) is 2. The van der Waals surface area contributed by atoms with Crippen LogP contribution in [0.25, 0.3) is 0 Å². The number of methoxy groups -OCH3 is 1. The zero-order valence-corrected chi connectivity index (χ0v) is 14.2. The molecular weight excluding hydrogens is 339 g/mol. The molecule has 8 heteroatoms. The van der Waals surface area contributed by atoms with Gasteiger partial charge in [-0.3, -0.25) is 4.79 Å². The summed E-state index contributed by atoms with van der Waals surface area (Å²) in [5.41, 5.74) is 0.940. The number of anilines is 2. The molecule has 0 spiro atoms. The minimum Gasteiger partial charge on any atom is -0.383 e. The van der Waals surface area contributed by atoms with E-state index in [1.165, 1.54) is 0 Å². The smallest absolute Gasteiger partial charge is 0.270 e. The van der Waals surface area contributed by atoms with Crippen molar-refractivity contribution in [3.8, 4) is 0 Å². The number of hydrogen-bond acceptors (Lipinski definition) is 5. The zero-order chi connectivity index (χ0) is 16.8. The van der Waals surface area contributed by atoms with Crippen LogP contribution in [0.2, 0.25) is 10.0 Å². The van der Waals surface area contributed by atoms with E-state index >= 15 is 0 Å². The molecule has 0 bridgehead atoms. The minimum absolute atomic E-state index is 0.268. The van der Waals surface area contributed by atoms with E-state index in [1.807, 2.05) is 0 Å². The second kappa shape index (κ2) is 8.10. The fraction of sp³-hybridized carbons (Fsp3) is 0.267. The summed E-state index contributed by atoms with van der Waals surface area (Å²) in [6, 6.07) is 6.62. The van der Waals surface area contributed by atoms with Crippen LogP contribution in [0, 0.1) is 6.92 Å². The number of aryl methyl sites for hydroxylation is 1. The molecule has 0 fully saturated rings. The standard InChI is InChI=1S/C15H16Cl2N4O2/c1-9-19-13(15(22)18-3-4-23-2)8-14(20-9)21-12-6-10(16)5-11(17)7-12/h5-8H,3-4H2,1-2H3,(H,18,22)(H,19,20,21). The van der Waals surface area contributed by atoms with Gasteiger partial charge in [0.1, 0.15) is 17.3 Å². The van der Waals surface area contributed by atoms with Gasteiger partial charge in [0, 0.05) is 35.5 Å². The molecule has 0 unspecified atom stereocenters. The second-order valence-electron chi connectivity index (χ2n) is 4.72. The Bertz CT molecular complexity index is 690. The number of amides is 1. The molecule has 0 aliphatic carbocycles. The zero-order valence-electron chi connectivity index (χ0n) is 12.7. The third-order valence-corrected chi connectivity index (χ3v) is 3.23. The van der Waals surface area contributed by atoms with Gasteiger partial charge in [-0.1, -0.05) is 23.2 Å². The molecule has 0 radical (unpaired) electrons. The summed E-state index contributed by atoms with van der Waals surface area (Å²) < 4.78 is 4.89. The van der Waals surface area contributed by atoms with Crippen molar-refractivity contribution in [1.29, 1.82) is 0 Å². The first-order chi connectivity index (χ1) is 11.0. The number of rotatable bonds is 6. The van der Waals surface area contributed by atoms with Gasteiger partial charge in [-0.15, -0.1) is 0 Å². The Morgan fingerprint density at radius 1 is 1.17 bits per heavy atom. The maximum Gasteiger partial charge on any atom is 0.270 e. The van der Waals surface area contributed by atoms with Crippen LogP contribution in [0.4, 0.5) is 11.5 Å². The van der Waals surface area contributed by atoms with Gasteiger partial charge < -0.3 is 15.4 Å². The average molecular weight is 355 g/mol. The average Bonchev–Trinajstić information content (AvgIpc) is 2.45. The van der Waals surface area contributed by atoms with Crippen molar-refractivity contribution in [2.45, 2.75) is 6.92 Å². The van der Waals surface area contributed by atoms with E-state index in [4.69, 9.17) is 27.9 Å². The number of carbonyl (C=O) groups excluding carboxylic acids is 1. The van der Waals surface area contributed by atoms with Crippen LogP contribution in [0.1, 0.15) is 16.3 Å². The molecule has 122 valence electrons. The lowest BCUT2D eigenvalue weighted by atomic mass is 10.3. The maximum absolute atomic E-state index is 12.1. The van der Waals surface area contributed by atoms with Gasteiger partial charge in [0.15, 0.2) is 0 Å². The molecule has 0 aliphatic rings. The Hall–Kier alpha value is -1.89. The number of aromatic nitrogens is 2. The molecule has 1 aromatic heterocycles. The summed E-state index contributed by atoms with van der Waals surface area (Å²) in [5.74, 6) is 0.660. The van der Waals surface area contributed by atoms with Crippen LogP contribution < -0.4 is 10.6 Å². The summed E-state index contributed by atoms with van der Waals surface area (Å²) in [7, 11) is 1.57. The van der Waals surface area contributed by atoms with Crippen LogP contribution in [-0.4, -0.2) is 36.1 Å². The van der Waals surface area contributed by atoms with Crippen molar-refractivity contribution in [2.24, 2.45) is 0 Å². The van der Waals surface area contributed by atoms with Gasteiger partial charge in [0.2, 0.25) is 0 Å². The topological polar surface area (TPSA) is 76.1 Å². The number of hydrogen-bond donors (Lipinski definition) is 2. The first-order valence-corrected chi connectivity index (χ1v) is 7.59. The van der Waals surface area contributed by atoms with Crippen LogP contribution in [0.5, 0.6) is 0 Å². The minimum atomic E-state index is -0.292. The number of carbonyl (C=O) groups is 1. The Balaban J connectivity index is 2.18. The Labute approximate surface area is 144 Å². The molecule has 2 rings (SSSR count). The molecule has 23 heavy (non-hydrogen) atoms. The van der Waals surface area contributed by atoms with E-state index in [0.29, 0.717) is 40.5 Å². The molecule has 1 aromatic carbocycles. The number of benzene rings is 1. The normalized spacial score (nSPS) is 10.4. The number of ether oxygens (including phenoxy) is 1. The fourth-order valence-electron chi connectivity index (χ4n) is 1.88. The predicted molar refractivity (Wildman–Crippen MR) is 90.7 cm³/mol. The quantitative estimate of drug-likeness (QED) is 0.779. The summed E-state index contributed by atoms with van der Waals surface area (Å²) >= 11 is 11.9. The largest absolute Gasteiger partial charge is 0.383 e. The summed E-state index contributed by atoms with van der Waals surface area (Å²) in [4.78, 5) is 20.4. The molecule has 2 N–H and O–H groups in total. The molecule has 1 heterocycles. The Kier molecular flexibility index (Phi) is 6.15. The summed E-state index contributed by atoms with van der Waals surface area (Å²) in [5, 5.41) is 6.78. The lowest BCUT2D eigenvalue weighted by molar-refractivity contribution is 0.0932. The molecule has 0 saturated heterocycles. The van der Waals surface area contributed by atoms with E-state index in [1.54, 1.807) is 38.3 Å². The van der Waals surface area contributed by atoms with Crippen molar-refractivity contribution in [2.75, 3.05) is 25.6 Å².